The van der Waals surface area contributed by atoms with E-state index in [2.05, 4.69) is 27.6 Å². The zero-order valence-corrected chi connectivity index (χ0v) is 14.0. The minimum absolute atomic E-state index is 0.111. The fourth-order valence-electron chi connectivity index (χ4n) is 2.79. The van der Waals surface area contributed by atoms with E-state index in [1.165, 1.54) is 18.9 Å². The SMILES string of the molecule is CCC1(CNS(=O)(=O)c2cc(CN)oc2Br)CCCC1. The fourth-order valence-corrected chi connectivity index (χ4v) is 4.94. The lowest BCUT2D eigenvalue weighted by atomic mass is 9.84. The number of rotatable bonds is 6. The molecule has 1 aromatic heterocycles. The second-order valence-corrected chi connectivity index (χ2v) is 7.90. The summed E-state index contributed by atoms with van der Waals surface area (Å²) in [7, 11) is -3.56. The normalized spacial score (nSPS) is 18.6. The molecule has 0 aliphatic heterocycles. The Balaban J connectivity index is 2.12. The van der Waals surface area contributed by atoms with Gasteiger partial charge in [0.2, 0.25) is 10.0 Å². The fraction of sp³-hybridized carbons (Fsp3) is 0.692. The Hall–Kier alpha value is -0.370. The smallest absolute Gasteiger partial charge is 0.244 e. The molecule has 3 N–H and O–H groups in total. The number of nitrogens with two attached hydrogens (primary N) is 1. The summed E-state index contributed by atoms with van der Waals surface area (Å²) in [5, 5.41) is 0. The van der Waals surface area contributed by atoms with Crippen LogP contribution in [0.5, 0.6) is 0 Å². The van der Waals surface area contributed by atoms with Crippen molar-refractivity contribution in [1.29, 1.82) is 0 Å². The molecule has 1 aliphatic carbocycles. The van der Waals surface area contributed by atoms with Gasteiger partial charge in [0.25, 0.3) is 0 Å². The summed E-state index contributed by atoms with van der Waals surface area (Å²) in [6.45, 7) is 2.79. The molecule has 0 amide bonds. The van der Waals surface area contributed by atoms with Crippen LogP contribution in [0.25, 0.3) is 0 Å². The third kappa shape index (κ3) is 3.27. The number of halogens is 1. The number of sulfonamides is 1. The van der Waals surface area contributed by atoms with E-state index < -0.39 is 10.0 Å². The molecule has 1 aromatic rings. The van der Waals surface area contributed by atoms with Gasteiger partial charge in [0, 0.05) is 12.6 Å². The lowest BCUT2D eigenvalue weighted by molar-refractivity contribution is 0.285. The van der Waals surface area contributed by atoms with E-state index in [0.29, 0.717) is 12.3 Å². The van der Waals surface area contributed by atoms with Crippen LogP contribution in [-0.4, -0.2) is 15.0 Å². The van der Waals surface area contributed by atoms with Crippen molar-refractivity contribution in [2.75, 3.05) is 6.54 Å². The molecule has 1 fully saturated rings. The molecule has 2 rings (SSSR count). The highest BCUT2D eigenvalue weighted by Crippen LogP contribution is 2.40. The third-order valence-electron chi connectivity index (χ3n) is 4.25. The minimum atomic E-state index is -3.56. The second-order valence-electron chi connectivity index (χ2n) is 5.44. The molecule has 0 unspecified atom stereocenters. The average molecular weight is 365 g/mol. The summed E-state index contributed by atoms with van der Waals surface area (Å²) < 4.78 is 32.9. The molecule has 114 valence electrons. The molecule has 0 radical (unpaired) electrons. The van der Waals surface area contributed by atoms with E-state index in [9.17, 15) is 8.42 Å². The van der Waals surface area contributed by atoms with Gasteiger partial charge >= 0.3 is 0 Å². The van der Waals surface area contributed by atoms with Gasteiger partial charge in [-0.25, -0.2) is 13.1 Å². The van der Waals surface area contributed by atoms with Gasteiger partial charge in [-0.05, 0) is 40.6 Å². The van der Waals surface area contributed by atoms with Gasteiger partial charge in [-0.15, -0.1) is 0 Å². The summed E-state index contributed by atoms with van der Waals surface area (Å²) in [6.07, 6.45) is 5.54. The summed E-state index contributed by atoms with van der Waals surface area (Å²) >= 11 is 3.14. The van der Waals surface area contributed by atoms with Gasteiger partial charge in [-0.3, -0.25) is 0 Å². The largest absolute Gasteiger partial charge is 0.452 e. The summed E-state index contributed by atoms with van der Waals surface area (Å²) in [6, 6.07) is 1.47. The quantitative estimate of drug-likeness (QED) is 0.812. The Bertz CT molecular complexity index is 562. The van der Waals surface area contributed by atoms with Crippen LogP contribution in [0.4, 0.5) is 0 Å². The van der Waals surface area contributed by atoms with E-state index in [4.69, 9.17) is 10.2 Å². The lowest BCUT2D eigenvalue weighted by Gasteiger charge is -2.27. The van der Waals surface area contributed by atoms with Gasteiger partial charge in [0.1, 0.15) is 10.7 Å². The van der Waals surface area contributed by atoms with Crippen LogP contribution in [0, 0.1) is 5.41 Å². The first-order valence-corrected chi connectivity index (χ1v) is 9.18. The molecule has 0 aromatic carbocycles. The van der Waals surface area contributed by atoms with Crippen molar-refractivity contribution in [3.8, 4) is 0 Å². The van der Waals surface area contributed by atoms with Crippen molar-refractivity contribution in [2.24, 2.45) is 11.1 Å². The van der Waals surface area contributed by atoms with E-state index >= 15 is 0 Å². The average Bonchev–Trinajstić information content (AvgIpc) is 3.04. The van der Waals surface area contributed by atoms with E-state index in [1.807, 2.05) is 0 Å². The van der Waals surface area contributed by atoms with Crippen LogP contribution < -0.4 is 10.5 Å². The molecule has 1 aliphatic rings. The second kappa shape index (κ2) is 6.17. The molecule has 0 bridgehead atoms. The van der Waals surface area contributed by atoms with Gasteiger partial charge in [-0.1, -0.05) is 19.8 Å². The van der Waals surface area contributed by atoms with E-state index in [-0.39, 0.29) is 21.5 Å². The topological polar surface area (TPSA) is 85.3 Å². The molecular formula is C13H21BrN2O3S. The predicted molar refractivity (Wildman–Crippen MR) is 80.7 cm³/mol. The van der Waals surface area contributed by atoms with Crippen LogP contribution in [-0.2, 0) is 16.6 Å². The van der Waals surface area contributed by atoms with E-state index in [0.717, 1.165) is 19.3 Å². The van der Waals surface area contributed by atoms with Crippen LogP contribution in [0.1, 0.15) is 44.8 Å². The standard InChI is InChI=1S/C13H21BrN2O3S/c1-2-13(5-3-4-6-13)9-16-20(17,18)11-7-10(8-15)19-12(11)14/h7,16H,2-6,8-9,15H2,1H3. The maximum absolute atomic E-state index is 12.4. The van der Waals surface area contributed by atoms with Crippen molar-refractivity contribution in [1.82, 2.24) is 4.72 Å². The van der Waals surface area contributed by atoms with Crippen molar-refractivity contribution >= 4 is 26.0 Å². The molecular weight excluding hydrogens is 344 g/mol. The minimum Gasteiger partial charge on any atom is -0.452 e. The number of nitrogens with one attached hydrogen (secondary N) is 1. The zero-order chi connectivity index (χ0) is 14.8. The molecule has 7 heteroatoms. The molecule has 0 atom stereocenters. The Morgan fingerprint density at radius 3 is 2.60 bits per heavy atom. The number of hydrogen-bond donors (Lipinski definition) is 2. The monoisotopic (exact) mass is 364 g/mol. The molecule has 1 saturated carbocycles. The van der Waals surface area contributed by atoms with Gasteiger partial charge in [0.15, 0.2) is 4.67 Å². The maximum atomic E-state index is 12.4. The first-order chi connectivity index (χ1) is 9.42. The Morgan fingerprint density at radius 2 is 2.10 bits per heavy atom. The van der Waals surface area contributed by atoms with E-state index in [1.54, 1.807) is 0 Å². The van der Waals surface area contributed by atoms with Crippen LogP contribution in [0.2, 0.25) is 0 Å². The summed E-state index contributed by atoms with van der Waals surface area (Å²) in [5.41, 5.74) is 5.57. The first kappa shape index (κ1) is 16.0. The van der Waals surface area contributed by atoms with Crippen molar-refractivity contribution in [3.63, 3.8) is 0 Å². The van der Waals surface area contributed by atoms with Crippen LogP contribution in [0.15, 0.2) is 20.0 Å². The van der Waals surface area contributed by atoms with Crippen LogP contribution in [0.3, 0.4) is 0 Å². The molecule has 1 heterocycles. The Morgan fingerprint density at radius 1 is 1.45 bits per heavy atom. The highest BCUT2D eigenvalue weighted by molar-refractivity contribution is 9.10. The first-order valence-electron chi connectivity index (χ1n) is 6.90. The highest BCUT2D eigenvalue weighted by atomic mass is 79.9. The molecule has 5 nitrogen and oxygen atoms in total. The third-order valence-corrected chi connectivity index (χ3v) is 6.51. The van der Waals surface area contributed by atoms with Crippen molar-refractivity contribution in [2.45, 2.75) is 50.5 Å². The molecule has 20 heavy (non-hydrogen) atoms. The van der Waals surface area contributed by atoms with Crippen molar-refractivity contribution < 1.29 is 12.8 Å². The Kier molecular flexibility index (Phi) is 4.94. The summed E-state index contributed by atoms with van der Waals surface area (Å²) in [5.74, 6) is 0.448. The summed E-state index contributed by atoms with van der Waals surface area (Å²) in [4.78, 5) is 0.127. The number of furan rings is 1. The zero-order valence-electron chi connectivity index (χ0n) is 11.6. The highest BCUT2D eigenvalue weighted by Gasteiger charge is 2.34. The predicted octanol–water partition coefficient (Wildman–Crippen LogP) is 2.75. The van der Waals surface area contributed by atoms with Gasteiger partial charge < -0.3 is 10.2 Å². The van der Waals surface area contributed by atoms with Gasteiger partial charge in [0.05, 0.1) is 6.54 Å². The van der Waals surface area contributed by atoms with Crippen molar-refractivity contribution in [3.05, 3.63) is 16.5 Å². The van der Waals surface area contributed by atoms with Gasteiger partial charge in [-0.2, -0.15) is 0 Å². The Labute approximate surface area is 128 Å². The number of hydrogen-bond acceptors (Lipinski definition) is 4. The van der Waals surface area contributed by atoms with Crippen LogP contribution >= 0.6 is 15.9 Å². The molecule has 0 saturated heterocycles. The molecule has 0 spiro atoms. The maximum Gasteiger partial charge on any atom is 0.244 e. The lowest BCUT2D eigenvalue weighted by Crippen LogP contribution is -2.35.